The summed E-state index contributed by atoms with van der Waals surface area (Å²) in [5.74, 6) is 0. The predicted molar refractivity (Wildman–Crippen MR) is 52.0 cm³/mol. The minimum Gasteiger partial charge on any atom is -0.516 e. The van der Waals surface area contributed by atoms with E-state index in [1.54, 1.807) is 6.08 Å². The van der Waals surface area contributed by atoms with Gasteiger partial charge in [0.25, 0.3) is 0 Å². The second-order valence-electron chi connectivity index (χ2n) is 4.31. The molecule has 12 heavy (non-hydrogen) atoms. The molecule has 0 N–H and O–H groups in total. The Morgan fingerprint density at radius 2 is 1.75 bits per heavy atom. The topological polar surface area (TPSA) is 9.23 Å². The average molecular weight is 178 g/mol. The SMILES string of the molecule is [CH-]=CCO[Si](C)(C)C(C)(C)C.[Li+]. The van der Waals surface area contributed by atoms with Gasteiger partial charge in [-0.2, -0.15) is 0 Å². The van der Waals surface area contributed by atoms with E-state index in [9.17, 15) is 0 Å². The first-order chi connectivity index (χ1) is 4.81. The number of hydrogen-bond acceptors (Lipinski definition) is 1. The Kier molecular flexibility index (Phi) is 6.61. The van der Waals surface area contributed by atoms with Gasteiger partial charge in [-0.25, -0.2) is 6.08 Å². The monoisotopic (exact) mass is 178 g/mol. The minimum atomic E-state index is -1.54. The van der Waals surface area contributed by atoms with Gasteiger partial charge in [0.05, 0.1) is 0 Å². The molecule has 0 bridgehead atoms. The summed E-state index contributed by atoms with van der Waals surface area (Å²) in [6.45, 7) is 16.9. The normalized spacial score (nSPS) is 12.1. The van der Waals surface area contributed by atoms with Crippen LogP contribution in [-0.2, 0) is 4.43 Å². The van der Waals surface area contributed by atoms with Crippen LogP contribution < -0.4 is 18.9 Å². The van der Waals surface area contributed by atoms with Crippen molar-refractivity contribution in [2.75, 3.05) is 6.61 Å². The Bertz CT molecular complexity index is 138. The van der Waals surface area contributed by atoms with Gasteiger partial charge in [0.1, 0.15) is 0 Å². The molecule has 66 valence electrons. The van der Waals surface area contributed by atoms with Crippen LogP contribution in [0.25, 0.3) is 0 Å². The fraction of sp³-hybridized carbons (Fsp3) is 0.778. The molecule has 0 radical (unpaired) electrons. The molecule has 0 aliphatic heterocycles. The van der Waals surface area contributed by atoms with E-state index >= 15 is 0 Å². The van der Waals surface area contributed by atoms with Gasteiger partial charge in [-0.1, -0.05) is 20.8 Å². The summed E-state index contributed by atoms with van der Waals surface area (Å²) in [6, 6.07) is 0. The summed E-state index contributed by atoms with van der Waals surface area (Å²) >= 11 is 0. The molecule has 0 aliphatic rings. The molecular weight excluding hydrogens is 159 g/mol. The largest absolute Gasteiger partial charge is 1.00 e. The van der Waals surface area contributed by atoms with Crippen molar-refractivity contribution in [3.8, 4) is 0 Å². The standard InChI is InChI=1S/C9H19OSi.Li/c1-7-8-10-11(5,6)9(2,3)4;/h1,7H,8H2,2-6H3;/q-1;+1. The van der Waals surface area contributed by atoms with E-state index in [4.69, 9.17) is 11.0 Å². The number of rotatable bonds is 3. The molecular formula is C9H19LiOSi. The van der Waals surface area contributed by atoms with Crippen LogP contribution in [0.5, 0.6) is 0 Å². The smallest absolute Gasteiger partial charge is 0.516 e. The molecule has 0 heterocycles. The molecule has 0 fully saturated rings. The van der Waals surface area contributed by atoms with E-state index in [1.165, 1.54) is 0 Å². The molecule has 0 saturated carbocycles. The summed E-state index contributed by atoms with van der Waals surface area (Å²) in [7, 11) is -1.54. The molecule has 0 amide bonds. The van der Waals surface area contributed by atoms with Crippen molar-refractivity contribution in [2.24, 2.45) is 0 Å². The summed E-state index contributed by atoms with van der Waals surface area (Å²) in [4.78, 5) is 0. The van der Waals surface area contributed by atoms with Gasteiger partial charge in [0.15, 0.2) is 8.32 Å². The molecule has 0 aromatic rings. The molecule has 0 spiro atoms. The molecule has 0 aromatic carbocycles. The Morgan fingerprint density at radius 3 is 2.00 bits per heavy atom. The van der Waals surface area contributed by atoms with Gasteiger partial charge in [0, 0.05) is 6.61 Å². The van der Waals surface area contributed by atoms with Gasteiger partial charge < -0.3 is 11.0 Å². The van der Waals surface area contributed by atoms with Crippen LogP contribution in [0.4, 0.5) is 0 Å². The van der Waals surface area contributed by atoms with Crippen molar-refractivity contribution in [3.05, 3.63) is 12.7 Å². The molecule has 0 aliphatic carbocycles. The van der Waals surface area contributed by atoms with Crippen molar-refractivity contribution >= 4 is 8.32 Å². The van der Waals surface area contributed by atoms with Gasteiger partial charge >= 0.3 is 18.9 Å². The first-order valence-electron chi connectivity index (χ1n) is 3.98. The van der Waals surface area contributed by atoms with Crippen molar-refractivity contribution in [1.29, 1.82) is 0 Å². The van der Waals surface area contributed by atoms with Crippen molar-refractivity contribution in [3.63, 3.8) is 0 Å². The van der Waals surface area contributed by atoms with Crippen LogP contribution in [-0.4, -0.2) is 14.9 Å². The third kappa shape index (κ3) is 4.52. The van der Waals surface area contributed by atoms with Crippen LogP contribution in [0.15, 0.2) is 6.08 Å². The van der Waals surface area contributed by atoms with Crippen LogP contribution in [0.1, 0.15) is 20.8 Å². The zero-order valence-corrected chi connectivity index (χ0v) is 10.3. The quantitative estimate of drug-likeness (QED) is 0.437. The Hall–Kier alpha value is 0.514. The van der Waals surface area contributed by atoms with E-state index < -0.39 is 8.32 Å². The first-order valence-corrected chi connectivity index (χ1v) is 6.89. The van der Waals surface area contributed by atoms with Crippen molar-refractivity contribution in [2.45, 2.75) is 38.9 Å². The maximum absolute atomic E-state index is 5.70. The van der Waals surface area contributed by atoms with Crippen LogP contribution in [0.2, 0.25) is 18.1 Å². The van der Waals surface area contributed by atoms with E-state index in [1.807, 2.05) is 0 Å². The Morgan fingerprint density at radius 1 is 1.33 bits per heavy atom. The van der Waals surface area contributed by atoms with Gasteiger partial charge in [-0.3, -0.25) is 0 Å². The summed E-state index contributed by atoms with van der Waals surface area (Å²) in [5, 5.41) is 0.288. The van der Waals surface area contributed by atoms with Crippen LogP contribution in [0, 0.1) is 6.58 Å². The average Bonchev–Trinajstić information content (AvgIpc) is 1.81. The molecule has 3 heteroatoms. The molecule has 0 rings (SSSR count). The van der Waals surface area contributed by atoms with E-state index in [0.717, 1.165) is 0 Å². The fourth-order valence-corrected chi connectivity index (χ4v) is 1.42. The van der Waals surface area contributed by atoms with Crippen molar-refractivity contribution in [1.82, 2.24) is 0 Å². The predicted octanol–water partition coefficient (Wildman–Crippen LogP) is 0.00139. The van der Waals surface area contributed by atoms with E-state index in [2.05, 4.69) is 33.9 Å². The summed E-state index contributed by atoms with van der Waals surface area (Å²) in [5.41, 5.74) is 0. The second-order valence-corrected chi connectivity index (χ2v) is 9.12. The third-order valence-electron chi connectivity index (χ3n) is 2.35. The fourth-order valence-electron chi connectivity index (χ4n) is 0.473. The van der Waals surface area contributed by atoms with Gasteiger partial charge in [-0.05, 0) is 18.1 Å². The van der Waals surface area contributed by atoms with Gasteiger partial charge in [0.2, 0.25) is 0 Å². The molecule has 0 atom stereocenters. The maximum Gasteiger partial charge on any atom is 1.00 e. The molecule has 1 nitrogen and oxygen atoms in total. The summed E-state index contributed by atoms with van der Waals surface area (Å²) in [6.07, 6.45) is 1.57. The molecule has 0 saturated heterocycles. The zero-order chi connectivity index (χ0) is 9.12. The third-order valence-corrected chi connectivity index (χ3v) is 6.85. The maximum atomic E-state index is 5.70. The molecule has 0 unspecified atom stereocenters. The van der Waals surface area contributed by atoms with Crippen molar-refractivity contribution < 1.29 is 23.3 Å². The minimum absolute atomic E-state index is 0. The Labute approximate surface area is 89.9 Å². The summed E-state index contributed by atoms with van der Waals surface area (Å²) < 4.78 is 5.70. The molecule has 0 aromatic heterocycles. The van der Waals surface area contributed by atoms with E-state index in [0.29, 0.717) is 6.61 Å². The van der Waals surface area contributed by atoms with Crippen LogP contribution in [0.3, 0.4) is 0 Å². The first kappa shape index (κ1) is 15.0. The van der Waals surface area contributed by atoms with Crippen LogP contribution >= 0.6 is 0 Å². The number of hydrogen-bond donors (Lipinski definition) is 0. The van der Waals surface area contributed by atoms with E-state index in [-0.39, 0.29) is 23.9 Å². The second kappa shape index (κ2) is 5.29. The Balaban J connectivity index is 0. The van der Waals surface area contributed by atoms with Gasteiger partial charge in [-0.15, -0.1) is 0 Å². The zero-order valence-electron chi connectivity index (χ0n) is 9.27.